The Kier molecular flexibility index (Phi) is 3.32. The van der Waals surface area contributed by atoms with Crippen LogP contribution in [0.4, 0.5) is 5.69 Å². The third-order valence-electron chi connectivity index (χ3n) is 5.02. The summed E-state index contributed by atoms with van der Waals surface area (Å²) >= 11 is 0. The normalized spacial score (nSPS) is 30.1. The largest absolute Gasteiger partial charge is 0.385 e. The summed E-state index contributed by atoms with van der Waals surface area (Å²) in [5.41, 5.74) is 2.82. The molecule has 0 spiro atoms. The van der Waals surface area contributed by atoms with Crippen molar-refractivity contribution >= 4 is 5.69 Å². The first-order valence-corrected chi connectivity index (χ1v) is 7.57. The molecule has 3 rings (SSSR count). The van der Waals surface area contributed by atoms with Gasteiger partial charge in [0.2, 0.25) is 0 Å². The summed E-state index contributed by atoms with van der Waals surface area (Å²) in [6, 6.07) is 8.80. The number of nitrogens with one attached hydrogen (secondary N) is 1. The van der Waals surface area contributed by atoms with E-state index in [4.69, 9.17) is 0 Å². The quantitative estimate of drug-likeness (QED) is 0.811. The Morgan fingerprint density at radius 3 is 2.67 bits per heavy atom. The molecule has 2 bridgehead atoms. The van der Waals surface area contributed by atoms with Gasteiger partial charge in [0.25, 0.3) is 0 Å². The number of fused-ring (bicyclic) bond motifs is 2. The van der Waals surface area contributed by atoms with Crippen LogP contribution in [-0.2, 0) is 0 Å². The van der Waals surface area contributed by atoms with Gasteiger partial charge in [-0.1, -0.05) is 38.5 Å². The Bertz CT molecular complexity index is 410. The van der Waals surface area contributed by atoms with Crippen LogP contribution < -0.4 is 5.32 Å². The molecule has 1 N–H and O–H groups in total. The van der Waals surface area contributed by atoms with E-state index >= 15 is 0 Å². The van der Waals surface area contributed by atoms with Crippen LogP contribution in [0.15, 0.2) is 24.3 Å². The van der Waals surface area contributed by atoms with Crippen LogP contribution in [0.25, 0.3) is 0 Å². The second-order valence-electron chi connectivity index (χ2n) is 6.56. The Balaban J connectivity index is 1.63. The van der Waals surface area contributed by atoms with Gasteiger partial charge in [-0.05, 0) is 54.6 Å². The highest BCUT2D eigenvalue weighted by Gasteiger charge is 2.39. The average molecular weight is 243 g/mol. The number of rotatable bonds is 4. The highest BCUT2D eigenvalue weighted by atomic mass is 14.9. The Labute approximate surface area is 111 Å². The minimum atomic E-state index is 0.605. The van der Waals surface area contributed by atoms with Crippen molar-refractivity contribution in [3.8, 4) is 0 Å². The van der Waals surface area contributed by atoms with E-state index in [9.17, 15) is 0 Å². The zero-order valence-corrected chi connectivity index (χ0v) is 11.7. The molecule has 18 heavy (non-hydrogen) atoms. The van der Waals surface area contributed by atoms with Gasteiger partial charge in [-0.25, -0.2) is 0 Å². The number of benzene rings is 1. The van der Waals surface area contributed by atoms with Crippen molar-refractivity contribution < 1.29 is 0 Å². The van der Waals surface area contributed by atoms with E-state index in [1.807, 2.05) is 0 Å². The molecular weight excluding hydrogens is 218 g/mol. The zero-order chi connectivity index (χ0) is 12.5. The second-order valence-corrected chi connectivity index (χ2v) is 6.56. The first-order valence-electron chi connectivity index (χ1n) is 7.57. The SMILES string of the molecule is CC(C)c1ccccc1NCC1CC2CCC1C2. The van der Waals surface area contributed by atoms with Gasteiger partial charge >= 0.3 is 0 Å². The molecule has 0 saturated heterocycles. The van der Waals surface area contributed by atoms with Crippen LogP contribution in [0.2, 0.25) is 0 Å². The highest BCUT2D eigenvalue weighted by Crippen LogP contribution is 2.48. The van der Waals surface area contributed by atoms with Crippen LogP contribution in [0.1, 0.15) is 51.0 Å². The third kappa shape index (κ3) is 2.28. The minimum absolute atomic E-state index is 0.605. The van der Waals surface area contributed by atoms with E-state index in [0.29, 0.717) is 5.92 Å². The summed E-state index contributed by atoms with van der Waals surface area (Å²) in [4.78, 5) is 0. The van der Waals surface area contributed by atoms with Crippen molar-refractivity contribution in [2.75, 3.05) is 11.9 Å². The molecule has 2 fully saturated rings. The van der Waals surface area contributed by atoms with Crippen LogP contribution in [0.3, 0.4) is 0 Å². The lowest BCUT2D eigenvalue weighted by Crippen LogP contribution is -2.20. The van der Waals surface area contributed by atoms with Crippen molar-refractivity contribution in [3.63, 3.8) is 0 Å². The maximum absolute atomic E-state index is 3.72. The minimum Gasteiger partial charge on any atom is -0.385 e. The van der Waals surface area contributed by atoms with Gasteiger partial charge < -0.3 is 5.32 Å². The third-order valence-corrected chi connectivity index (χ3v) is 5.02. The summed E-state index contributed by atoms with van der Waals surface area (Å²) in [5, 5.41) is 3.72. The van der Waals surface area contributed by atoms with Gasteiger partial charge in [0.15, 0.2) is 0 Å². The number of hydrogen-bond acceptors (Lipinski definition) is 1. The predicted molar refractivity (Wildman–Crippen MR) is 78.0 cm³/mol. The maximum Gasteiger partial charge on any atom is 0.0375 e. The summed E-state index contributed by atoms with van der Waals surface area (Å²) in [7, 11) is 0. The fourth-order valence-electron chi connectivity index (χ4n) is 4.03. The van der Waals surface area contributed by atoms with E-state index in [1.54, 1.807) is 0 Å². The van der Waals surface area contributed by atoms with Crippen LogP contribution in [0, 0.1) is 17.8 Å². The van der Waals surface area contributed by atoms with Crippen molar-refractivity contribution in [1.29, 1.82) is 0 Å². The topological polar surface area (TPSA) is 12.0 Å². The van der Waals surface area contributed by atoms with E-state index in [1.165, 1.54) is 43.5 Å². The number of para-hydroxylation sites is 1. The number of hydrogen-bond donors (Lipinski definition) is 1. The molecule has 0 heterocycles. The summed E-state index contributed by atoms with van der Waals surface area (Å²) in [6.07, 6.45) is 5.98. The summed E-state index contributed by atoms with van der Waals surface area (Å²) < 4.78 is 0. The van der Waals surface area contributed by atoms with Gasteiger partial charge in [-0.3, -0.25) is 0 Å². The Morgan fingerprint density at radius 1 is 1.17 bits per heavy atom. The fraction of sp³-hybridized carbons (Fsp3) is 0.647. The standard InChI is InChI=1S/C17H25N/c1-12(2)16-5-3-4-6-17(16)18-11-15-10-13-7-8-14(15)9-13/h3-6,12-15,18H,7-11H2,1-2H3. The van der Waals surface area contributed by atoms with Crippen LogP contribution in [-0.4, -0.2) is 6.54 Å². The molecule has 3 unspecified atom stereocenters. The van der Waals surface area contributed by atoms with E-state index < -0.39 is 0 Å². The molecule has 0 amide bonds. The Hall–Kier alpha value is -0.980. The Morgan fingerprint density at radius 2 is 2.00 bits per heavy atom. The molecule has 0 radical (unpaired) electrons. The van der Waals surface area contributed by atoms with Crippen molar-refractivity contribution in [2.24, 2.45) is 17.8 Å². The first kappa shape index (κ1) is 12.1. The lowest BCUT2D eigenvalue weighted by Gasteiger charge is -2.23. The second kappa shape index (κ2) is 4.95. The molecular formula is C17H25N. The average Bonchev–Trinajstić information content (AvgIpc) is 2.98. The van der Waals surface area contributed by atoms with Crippen LogP contribution in [0.5, 0.6) is 0 Å². The molecule has 2 aliphatic carbocycles. The molecule has 2 saturated carbocycles. The molecule has 0 aliphatic heterocycles. The molecule has 1 heteroatoms. The highest BCUT2D eigenvalue weighted by molar-refractivity contribution is 5.52. The van der Waals surface area contributed by atoms with Crippen molar-refractivity contribution in [1.82, 2.24) is 0 Å². The molecule has 3 atom stereocenters. The van der Waals surface area contributed by atoms with E-state index in [-0.39, 0.29) is 0 Å². The fourth-order valence-corrected chi connectivity index (χ4v) is 4.03. The molecule has 2 aliphatic rings. The summed E-state index contributed by atoms with van der Waals surface area (Å²) in [6.45, 7) is 5.74. The van der Waals surface area contributed by atoms with Crippen molar-refractivity contribution in [2.45, 2.75) is 45.4 Å². The predicted octanol–water partition coefficient (Wildman–Crippen LogP) is 4.66. The van der Waals surface area contributed by atoms with Gasteiger partial charge in [0.05, 0.1) is 0 Å². The lowest BCUT2D eigenvalue weighted by molar-refractivity contribution is 0.348. The van der Waals surface area contributed by atoms with E-state index in [0.717, 1.165) is 17.8 Å². The van der Waals surface area contributed by atoms with Gasteiger partial charge in [-0.15, -0.1) is 0 Å². The number of anilines is 1. The molecule has 0 aromatic heterocycles. The summed E-state index contributed by atoms with van der Waals surface area (Å²) in [5.74, 6) is 3.62. The molecule has 1 aromatic rings. The lowest BCUT2D eigenvalue weighted by atomic mass is 9.88. The zero-order valence-electron chi connectivity index (χ0n) is 11.7. The van der Waals surface area contributed by atoms with Gasteiger partial charge in [-0.2, -0.15) is 0 Å². The monoisotopic (exact) mass is 243 g/mol. The van der Waals surface area contributed by atoms with Gasteiger partial charge in [0, 0.05) is 12.2 Å². The first-order chi connectivity index (χ1) is 8.74. The molecule has 1 aromatic carbocycles. The van der Waals surface area contributed by atoms with Gasteiger partial charge in [0.1, 0.15) is 0 Å². The van der Waals surface area contributed by atoms with Crippen molar-refractivity contribution in [3.05, 3.63) is 29.8 Å². The molecule has 1 nitrogen and oxygen atoms in total. The van der Waals surface area contributed by atoms with Crippen LogP contribution >= 0.6 is 0 Å². The maximum atomic E-state index is 3.72. The molecule has 98 valence electrons. The smallest absolute Gasteiger partial charge is 0.0375 e. The van der Waals surface area contributed by atoms with E-state index in [2.05, 4.69) is 43.4 Å².